The number of nitrogens with one attached hydrogen (secondary N) is 1. The summed E-state index contributed by atoms with van der Waals surface area (Å²) < 4.78 is 0. The van der Waals surface area contributed by atoms with Gasteiger partial charge in [-0.3, -0.25) is 4.79 Å². The molecule has 17 heavy (non-hydrogen) atoms. The predicted octanol–water partition coefficient (Wildman–Crippen LogP) is 2.92. The molecule has 92 valence electrons. The van der Waals surface area contributed by atoms with Crippen molar-refractivity contribution in [1.29, 1.82) is 0 Å². The normalized spacial score (nSPS) is 24.5. The van der Waals surface area contributed by atoms with Crippen molar-refractivity contribution in [1.82, 2.24) is 5.32 Å². The lowest BCUT2D eigenvalue weighted by atomic mass is 9.82. The van der Waals surface area contributed by atoms with Gasteiger partial charge >= 0.3 is 0 Å². The molecule has 0 amide bonds. The minimum atomic E-state index is 0.229. The first-order valence-electron chi connectivity index (χ1n) is 6.55. The zero-order valence-corrected chi connectivity index (χ0v) is 10.5. The number of carbonyl (C=O) groups is 1. The van der Waals surface area contributed by atoms with Crippen LogP contribution >= 0.6 is 0 Å². The lowest BCUT2D eigenvalue weighted by molar-refractivity contribution is -0.122. The zero-order chi connectivity index (χ0) is 12.1. The summed E-state index contributed by atoms with van der Waals surface area (Å²) >= 11 is 0. The van der Waals surface area contributed by atoms with Gasteiger partial charge in [0.1, 0.15) is 5.78 Å². The molecule has 1 aliphatic rings. The number of Topliss-reactive ketones (excluding diaryl/α,β-unsaturated/α-hetero) is 1. The summed E-state index contributed by atoms with van der Waals surface area (Å²) in [5.74, 6) is 0.572. The molecular formula is C15H21NO. The van der Waals surface area contributed by atoms with Gasteiger partial charge in [-0.05, 0) is 25.3 Å². The molecule has 2 atom stereocenters. The van der Waals surface area contributed by atoms with Gasteiger partial charge in [-0.1, -0.05) is 43.2 Å². The molecule has 0 saturated heterocycles. The molecule has 0 aromatic heterocycles. The van der Waals surface area contributed by atoms with Crippen LogP contribution in [0.5, 0.6) is 0 Å². The molecule has 2 rings (SSSR count). The molecule has 1 aliphatic carbocycles. The van der Waals surface area contributed by atoms with Crippen LogP contribution in [0.1, 0.15) is 38.2 Å². The summed E-state index contributed by atoms with van der Waals surface area (Å²) in [6.45, 7) is 2.60. The maximum absolute atomic E-state index is 11.6. The van der Waals surface area contributed by atoms with Crippen LogP contribution in [0.3, 0.4) is 0 Å². The number of rotatable bonds is 4. The maximum atomic E-state index is 11.6. The fraction of sp³-hybridized carbons (Fsp3) is 0.533. The lowest BCUT2D eigenvalue weighted by Gasteiger charge is -2.30. The van der Waals surface area contributed by atoms with Gasteiger partial charge in [0, 0.05) is 18.5 Å². The standard InChI is InChI=1S/C15H21NO/c1-12(17)14-9-5-6-10-15(14)16-11-13-7-3-2-4-8-13/h2-4,7-8,14-16H,5-6,9-11H2,1H3/t14-,15-/m1/s1. The Kier molecular flexibility index (Phi) is 4.32. The largest absolute Gasteiger partial charge is 0.309 e. The monoisotopic (exact) mass is 231 g/mol. The van der Waals surface area contributed by atoms with Crippen molar-refractivity contribution in [3.63, 3.8) is 0 Å². The molecular weight excluding hydrogens is 210 g/mol. The number of carbonyl (C=O) groups excluding carboxylic acids is 1. The molecule has 0 bridgehead atoms. The molecule has 1 aromatic rings. The first-order chi connectivity index (χ1) is 8.27. The second-order valence-electron chi connectivity index (χ2n) is 4.97. The van der Waals surface area contributed by atoms with Gasteiger partial charge in [0.05, 0.1) is 0 Å². The molecule has 0 heterocycles. The highest BCUT2D eigenvalue weighted by atomic mass is 16.1. The Morgan fingerprint density at radius 3 is 2.65 bits per heavy atom. The predicted molar refractivity (Wildman–Crippen MR) is 69.7 cm³/mol. The van der Waals surface area contributed by atoms with Gasteiger partial charge in [0.2, 0.25) is 0 Å². The third-order valence-corrected chi connectivity index (χ3v) is 3.70. The highest BCUT2D eigenvalue weighted by molar-refractivity contribution is 5.79. The zero-order valence-electron chi connectivity index (χ0n) is 10.5. The molecule has 1 aromatic carbocycles. The van der Waals surface area contributed by atoms with Gasteiger partial charge < -0.3 is 5.32 Å². The van der Waals surface area contributed by atoms with E-state index in [2.05, 4.69) is 29.6 Å². The van der Waals surface area contributed by atoms with Crippen molar-refractivity contribution >= 4 is 5.78 Å². The van der Waals surface area contributed by atoms with E-state index in [4.69, 9.17) is 0 Å². The Morgan fingerprint density at radius 1 is 1.24 bits per heavy atom. The van der Waals surface area contributed by atoms with E-state index in [9.17, 15) is 4.79 Å². The molecule has 0 aliphatic heterocycles. The van der Waals surface area contributed by atoms with Crippen LogP contribution in [0.4, 0.5) is 0 Å². The van der Waals surface area contributed by atoms with Gasteiger partial charge in [-0.25, -0.2) is 0 Å². The van der Waals surface area contributed by atoms with Crippen molar-refractivity contribution < 1.29 is 4.79 Å². The van der Waals surface area contributed by atoms with E-state index in [-0.39, 0.29) is 5.92 Å². The van der Waals surface area contributed by atoms with E-state index < -0.39 is 0 Å². The Labute approximate surface area is 103 Å². The Morgan fingerprint density at radius 2 is 1.94 bits per heavy atom. The van der Waals surface area contributed by atoms with Crippen molar-refractivity contribution in [2.24, 2.45) is 5.92 Å². The first kappa shape index (κ1) is 12.3. The summed E-state index contributed by atoms with van der Waals surface area (Å²) in [5, 5.41) is 3.55. The third kappa shape index (κ3) is 3.40. The van der Waals surface area contributed by atoms with Gasteiger partial charge in [0.15, 0.2) is 0 Å². The number of benzene rings is 1. The fourth-order valence-corrected chi connectivity index (χ4v) is 2.71. The van der Waals surface area contributed by atoms with Crippen molar-refractivity contribution in [3.8, 4) is 0 Å². The SMILES string of the molecule is CC(=O)[C@H]1CCCC[C@H]1NCc1ccccc1. The van der Waals surface area contributed by atoms with Crippen molar-refractivity contribution in [2.45, 2.75) is 45.2 Å². The maximum Gasteiger partial charge on any atom is 0.134 e. The molecule has 0 spiro atoms. The number of hydrogen-bond donors (Lipinski definition) is 1. The molecule has 2 heteroatoms. The Hall–Kier alpha value is -1.15. The smallest absolute Gasteiger partial charge is 0.134 e. The second-order valence-corrected chi connectivity index (χ2v) is 4.97. The van der Waals surface area contributed by atoms with Gasteiger partial charge in [-0.2, -0.15) is 0 Å². The average molecular weight is 231 g/mol. The summed E-state index contributed by atoms with van der Waals surface area (Å²) in [6, 6.07) is 10.8. The lowest BCUT2D eigenvalue weighted by Crippen LogP contribution is -2.41. The molecule has 0 unspecified atom stereocenters. The topological polar surface area (TPSA) is 29.1 Å². The van der Waals surface area contributed by atoms with Gasteiger partial charge in [0.25, 0.3) is 0 Å². The van der Waals surface area contributed by atoms with E-state index in [1.54, 1.807) is 6.92 Å². The van der Waals surface area contributed by atoms with E-state index in [0.717, 1.165) is 19.4 Å². The Balaban J connectivity index is 1.90. The fourth-order valence-electron chi connectivity index (χ4n) is 2.71. The van der Waals surface area contributed by atoms with Crippen LogP contribution in [0, 0.1) is 5.92 Å². The van der Waals surface area contributed by atoms with Crippen LogP contribution in [0.15, 0.2) is 30.3 Å². The Bertz CT molecular complexity index is 360. The minimum absolute atomic E-state index is 0.229. The highest BCUT2D eigenvalue weighted by Crippen LogP contribution is 2.25. The van der Waals surface area contributed by atoms with Crippen molar-refractivity contribution in [2.75, 3.05) is 0 Å². The summed E-state index contributed by atoms with van der Waals surface area (Å²) in [4.78, 5) is 11.6. The quantitative estimate of drug-likeness (QED) is 0.863. The number of hydrogen-bond acceptors (Lipinski definition) is 2. The van der Waals surface area contributed by atoms with Crippen LogP contribution in [-0.4, -0.2) is 11.8 Å². The minimum Gasteiger partial charge on any atom is -0.309 e. The van der Waals surface area contributed by atoms with Crippen LogP contribution in [0.2, 0.25) is 0 Å². The summed E-state index contributed by atoms with van der Waals surface area (Å²) in [6.07, 6.45) is 4.64. The summed E-state index contributed by atoms with van der Waals surface area (Å²) in [7, 11) is 0. The average Bonchev–Trinajstić information content (AvgIpc) is 2.38. The third-order valence-electron chi connectivity index (χ3n) is 3.70. The highest BCUT2D eigenvalue weighted by Gasteiger charge is 2.27. The van der Waals surface area contributed by atoms with Crippen LogP contribution in [0.25, 0.3) is 0 Å². The number of ketones is 1. The van der Waals surface area contributed by atoms with Crippen molar-refractivity contribution in [3.05, 3.63) is 35.9 Å². The van der Waals surface area contributed by atoms with E-state index in [0.29, 0.717) is 11.8 Å². The summed E-state index contributed by atoms with van der Waals surface area (Å²) in [5.41, 5.74) is 1.29. The second kappa shape index (κ2) is 5.97. The molecule has 1 fully saturated rings. The van der Waals surface area contributed by atoms with E-state index in [1.165, 1.54) is 18.4 Å². The molecule has 2 nitrogen and oxygen atoms in total. The first-order valence-corrected chi connectivity index (χ1v) is 6.55. The molecule has 1 N–H and O–H groups in total. The molecule has 0 radical (unpaired) electrons. The van der Waals surface area contributed by atoms with E-state index in [1.807, 2.05) is 6.07 Å². The molecule has 1 saturated carbocycles. The van der Waals surface area contributed by atoms with Gasteiger partial charge in [-0.15, -0.1) is 0 Å². The van der Waals surface area contributed by atoms with Crippen LogP contribution < -0.4 is 5.32 Å². The van der Waals surface area contributed by atoms with E-state index >= 15 is 0 Å². The van der Waals surface area contributed by atoms with Crippen LogP contribution in [-0.2, 0) is 11.3 Å².